The molecule has 0 saturated carbocycles. The van der Waals surface area contributed by atoms with Crippen molar-refractivity contribution < 1.29 is 34.3 Å². The predicted octanol–water partition coefficient (Wildman–Crippen LogP) is -0.0492. The molecule has 1 aromatic rings. The molecule has 1 heterocycles. The third-order valence-corrected chi connectivity index (χ3v) is 3.63. The molecular formula is C14H17ClO7. The minimum Gasteiger partial charge on any atom is -0.450 e. The van der Waals surface area contributed by atoms with E-state index < -0.39 is 43.3 Å². The molecule has 5 atom stereocenters. The third-order valence-electron chi connectivity index (χ3n) is 3.38. The summed E-state index contributed by atoms with van der Waals surface area (Å²) < 4.78 is 15.4. The Labute approximate surface area is 132 Å². The summed E-state index contributed by atoms with van der Waals surface area (Å²) in [7, 11) is 1.30. The summed E-state index contributed by atoms with van der Waals surface area (Å²) >= 11 is 5.74. The van der Waals surface area contributed by atoms with E-state index in [4.69, 9.17) is 30.9 Å². The van der Waals surface area contributed by atoms with E-state index in [1.807, 2.05) is 0 Å². The van der Waals surface area contributed by atoms with Gasteiger partial charge in [-0.25, -0.2) is 4.79 Å². The number of ether oxygens (including phenoxy) is 3. The lowest BCUT2D eigenvalue weighted by Gasteiger charge is -2.40. The van der Waals surface area contributed by atoms with E-state index in [-0.39, 0.29) is 5.56 Å². The van der Waals surface area contributed by atoms with Crippen LogP contribution in [-0.4, -0.2) is 65.7 Å². The van der Waals surface area contributed by atoms with Crippen LogP contribution in [0.5, 0.6) is 0 Å². The van der Waals surface area contributed by atoms with Crippen LogP contribution in [0.3, 0.4) is 0 Å². The molecule has 1 saturated heterocycles. The molecule has 3 N–H and O–H groups in total. The van der Waals surface area contributed by atoms with Crippen LogP contribution in [-0.2, 0) is 14.2 Å². The number of aliphatic hydroxyl groups excluding tert-OH is 3. The van der Waals surface area contributed by atoms with Gasteiger partial charge in [0.2, 0.25) is 0 Å². The van der Waals surface area contributed by atoms with Gasteiger partial charge in [-0.3, -0.25) is 0 Å². The first-order chi connectivity index (χ1) is 10.5. The molecule has 0 aromatic heterocycles. The van der Waals surface area contributed by atoms with E-state index >= 15 is 0 Å². The van der Waals surface area contributed by atoms with E-state index in [1.165, 1.54) is 31.4 Å². The van der Waals surface area contributed by atoms with E-state index in [0.717, 1.165) is 0 Å². The zero-order valence-corrected chi connectivity index (χ0v) is 12.5. The van der Waals surface area contributed by atoms with Gasteiger partial charge in [0.1, 0.15) is 18.3 Å². The average Bonchev–Trinajstić information content (AvgIpc) is 2.52. The van der Waals surface area contributed by atoms with Gasteiger partial charge in [-0.15, -0.1) is 0 Å². The maximum absolute atomic E-state index is 12.1. The third kappa shape index (κ3) is 3.57. The first-order valence-corrected chi connectivity index (χ1v) is 6.97. The number of benzene rings is 1. The highest BCUT2D eigenvalue weighted by Crippen LogP contribution is 2.25. The maximum atomic E-state index is 12.1. The molecule has 0 amide bonds. The highest BCUT2D eigenvalue weighted by molar-refractivity contribution is 6.30. The number of methoxy groups -OCH3 is 1. The van der Waals surface area contributed by atoms with Crippen LogP contribution in [0.4, 0.5) is 0 Å². The van der Waals surface area contributed by atoms with Crippen LogP contribution in [0.15, 0.2) is 24.3 Å². The highest BCUT2D eigenvalue weighted by atomic mass is 35.5. The number of hydrogen-bond acceptors (Lipinski definition) is 7. The van der Waals surface area contributed by atoms with Crippen molar-refractivity contribution in [3.63, 3.8) is 0 Å². The molecule has 7 nitrogen and oxygen atoms in total. The van der Waals surface area contributed by atoms with E-state index in [1.54, 1.807) is 0 Å². The van der Waals surface area contributed by atoms with Gasteiger partial charge >= 0.3 is 5.97 Å². The van der Waals surface area contributed by atoms with Gasteiger partial charge in [-0.05, 0) is 24.3 Å². The zero-order chi connectivity index (χ0) is 16.3. The number of halogens is 1. The molecule has 2 rings (SSSR count). The Hall–Kier alpha value is -1.22. The maximum Gasteiger partial charge on any atom is 0.338 e. The lowest BCUT2D eigenvalue weighted by Crippen LogP contribution is -2.60. The molecule has 0 unspecified atom stereocenters. The minimum absolute atomic E-state index is 0.227. The lowest BCUT2D eigenvalue weighted by atomic mass is 9.99. The lowest BCUT2D eigenvalue weighted by molar-refractivity contribution is -0.293. The summed E-state index contributed by atoms with van der Waals surface area (Å²) in [5.41, 5.74) is 0.227. The standard InChI is InChI=1S/C14H17ClO7/c1-20-14-12(11(18)10(17)9(6-16)21-14)22-13(19)7-2-4-8(15)5-3-7/h2-5,9-12,14,16-18H,6H2,1H3/t9-,10+,11+,12-,14-/m1/s1. The Bertz CT molecular complexity index is 504. The molecule has 1 aliphatic rings. The Morgan fingerprint density at radius 2 is 1.91 bits per heavy atom. The average molecular weight is 333 g/mol. The van der Waals surface area contributed by atoms with Crippen LogP contribution in [0.25, 0.3) is 0 Å². The number of esters is 1. The van der Waals surface area contributed by atoms with Crippen LogP contribution in [0.1, 0.15) is 10.4 Å². The van der Waals surface area contributed by atoms with E-state index in [9.17, 15) is 15.0 Å². The number of carbonyl (C=O) groups is 1. The van der Waals surface area contributed by atoms with Crippen molar-refractivity contribution in [2.75, 3.05) is 13.7 Å². The fraction of sp³-hybridized carbons (Fsp3) is 0.500. The largest absolute Gasteiger partial charge is 0.450 e. The normalized spacial score (nSPS) is 31.8. The van der Waals surface area contributed by atoms with Crippen LogP contribution >= 0.6 is 11.6 Å². The van der Waals surface area contributed by atoms with Gasteiger partial charge < -0.3 is 29.5 Å². The molecule has 0 radical (unpaired) electrons. The monoisotopic (exact) mass is 332 g/mol. The van der Waals surface area contributed by atoms with Gasteiger partial charge in [0.25, 0.3) is 0 Å². The fourth-order valence-corrected chi connectivity index (χ4v) is 2.28. The Morgan fingerprint density at radius 3 is 2.45 bits per heavy atom. The first-order valence-electron chi connectivity index (χ1n) is 6.59. The SMILES string of the molecule is CO[C@@H]1O[C@H](CO)[C@H](O)[C@H](O)[C@H]1OC(=O)c1ccc(Cl)cc1. The number of aliphatic hydroxyl groups is 3. The molecule has 0 aliphatic carbocycles. The van der Waals surface area contributed by atoms with Gasteiger partial charge in [0.05, 0.1) is 12.2 Å². The molecule has 22 heavy (non-hydrogen) atoms. The molecule has 1 aliphatic heterocycles. The van der Waals surface area contributed by atoms with Crippen LogP contribution in [0, 0.1) is 0 Å². The van der Waals surface area contributed by atoms with Gasteiger partial charge in [-0.1, -0.05) is 11.6 Å². The molecule has 122 valence electrons. The zero-order valence-electron chi connectivity index (χ0n) is 11.8. The summed E-state index contributed by atoms with van der Waals surface area (Å²) in [5, 5.41) is 29.5. The van der Waals surface area contributed by atoms with Crippen molar-refractivity contribution in [1.82, 2.24) is 0 Å². The second kappa shape index (κ2) is 7.36. The van der Waals surface area contributed by atoms with Crippen molar-refractivity contribution in [3.8, 4) is 0 Å². The highest BCUT2D eigenvalue weighted by Gasteiger charge is 2.46. The van der Waals surface area contributed by atoms with Crippen LogP contribution in [0.2, 0.25) is 5.02 Å². The minimum atomic E-state index is -1.45. The molecule has 1 fully saturated rings. The van der Waals surface area contributed by atoms with Crippen molar-refractivity contribution in [1.29, 1.82) is 0 Å². The summed E-state index contributed by atoms with van der Waals surface area (Å²) in [5.74, 6) is -0.721. The van der Waals surface area contributed by atoms with Crippen LogP contribution < -0.4 is 0 Å². The van der Waals surface area contributed by atoms with Gasteiger partial charge in [-0.2, -0.15) is 0 Å². The Morgan fingerprint density at radius 1 is 1.27 bits per heavy atom. The number of carbonyl (C=O) groups excluding carboxylic acids is 1. The Kier molecular flexibility index (Phi) is 5.74. The summed E-state index contributed by atoms with van der Waals surface area (Å²) in [6.45, 7) is -0.504. The molecule has 8 heteroatoms. The van der Waals surface area contributed by atoms with Crippen molar-refractivity contribution >= 4 is 17.6 Å². The molecule has 0 bridgehead atoms. The smallest absolute Gasteiger partial charge is 0.338 e. The summed E-state index contributed by atoms with van der Waals surface area (Å²) in [4.78, 5) is 12.1. The molecular weight excluding hydrogens is 316 g/mol. The van der Waals surface area contributed by atoms with E-state index in [2.05, 4.69) is 0 Å². The predicted molar refractivity (Wildman–Crippen MR) is 75.4 cm³/mol. The van der Waals surface area contributed by atoms with E-state index in [0.29, 0.717) is 5.02 Å². The summed E-state index contributed by atoms with van der Waals surface area (Å²) in [6.07, 6.45) is -6.21. The fourth-order valence-electron chi connectivity index (χ4n) is 2.15. The van der Waals surface area contributed by atoms with Gasteiger partial charge in [0.15, 0.2) is 12.4 Å². The quantitative estimate of drug-likeness (QED) is 0.664. The summed E-state index contributed by atoms with van der Waals surface area (Å²) in [6, 6.07) is 5.98. The number of hydrogen-bond donors (Lipinski definition) is 3. The Balaban J connectivity index is 2.12. The van der Waals surface area contributed by atoms with Crippen molar-refractivity contribution in [2.45, 2.75) is 30.7 Å². The second-order valence-electron chi connectivity index (χ2n) is 4.82. The first kappa shape index (κ1) is 17.1. The molecule has 1 aromatic carbocycles. The van der Waals surface area contributed by atoms with Gasteiger partial charge in [0, 0.05) is 12.1 Å². The molecule has 0 spiro atoms. The second-order valence-corrected chi connectivity index (χ2v) is 5.26. The number of rotatable bonds is 4. The van der Waals surface area contributed by atoms with Crippen molar-refractivity contribution in [2.24, 2.45) is 0 Å². The topological polar surface area (TPSA) is 105 Å². The van der Waals surface area contributed by atoms with Crippen molar-refractivity contribution in [3.05, 3.63) is 34.9 Å².